The van der Waals surface area contributed by atoms with E-state index in [-0.39, 0.29) is 16.5 Å². The Hall–Kier alpha value is -3.24. The van der Waals surface area contributed by atoms with Gasteiger partial charge in [0, 0.05) is 19.3 Å². The Labute approximate surface area is 200 Å². The molecule has 9 nitrogen and oxygen atoms in total. The highest BCUT2D eigenvalue weighted by Crippen LogP contribution is 2.31. The monoisotopic (exact) mass is 485 g/mol. The van der Waals surface area contributed by atoms with Crippen LogP contribution >= 0.6 is 0 Å². The molecule has 0 fully saturated rings. The molecule has 34 heavy (non-hydrogen) atoms. The molecule has 0 spiro atoms. The first-order chi connectivity index (χ1) is 16.2. The van der Waals surface area contributed by atoms with Crippen molar-refractivity contribution < 1.29 is 17.9 Å². The Balaban J connectivity index is 2.02. The van der Waals surface area contributed by atoms with E-state index in [0.717, 1.165) is 0 Å². The molecule has 0 aliphatic rings. The smallest absolute Gasteiger partial charge is 0.259 e. The van der Waals surface area contributed by atoms with Crippen LogP contribution in [0.15, 0.2) is 53.7 Å². The number of nitrogens with one attached hydrogen (secondary N) is 1. The Bertz CT molecular complexity index is 1240. The normalized spacial score (nSPS) is 11.7. The maximum atomic E-state index is 13.3. The van der Waals surface area contributed by atoms with Crippen molar-refractivity contribution in [3.63, 3.8) is 0 Å². The van der Waals surface area contributed by atoms with E-state index in [2.05, 4.69) is 15.4 Å². The van der Waals surface area contributed by atoms with E-state index in [9.17, 15) is 13.2 Å². The number of hydrogen-bond acceptors (Lipinski definition) is 6. The van der Waals surface area contributed by atoms with Gasteiger partial charge in [0.05, 0.1) is 34.6 Å². The maximum Gasteiger partial charge on any atom is 0.259 e. The number of benzene rings is 1. The van der Waals surface area contributed by atoms with Crippen LogP contribution in [0, 0.1) is 0 Å². The van der Waals surface area contributed by atoms with Gasteiger partial charge in [0.25, 0.3) is 5.91 Å². The standard InChI is InChI=1S/C24H31N5O4S/c1-6-28(7-2)34(31,32)18-12-13-21(33-8-3)20(15-18)27-24(30)19-16-26-29(23(19)17(4)5)22-11-9-10-14-25-22/h9-17H,6-8H2,1-5H3,(H,27,30). The molecule has 3 rings (SSSR count). The topological polar surface area (TPSA) is 106 Å². The third kappa shape index (κ3) is 5.13. The summed E-state index contributed by atoms with van der Waals surface area (Å²) in [4.78, 5) is 17.8. The van der Waals surface area contributed by atoms with E-state index in [4.69, 9.17) is 4.74 Å². The number of amides is 1. The molecule has 10 heteroatoms. The molecule has 0 aliphatic carbocycles. The summed E-state index contributed by atoms with van der Waals surface area (Å²) < 4.78 is 34.7. The van der Waals surface area contributed by atoms with Crippen LogP contribution < -0.4 is 10.1 Å². The van der Waals surface area contributed by atoms with Crippen molar-refractivity contribution >= 4 is 21.6 Å². The number of pyridine rings is 1. The quantitative estimate of drug-likeness (QED) is 0.464. The van der Waals surface area contributed by atoms with Gasteiger partial charge < -0.3 is 10.1 Å². The van der Waals surface area contributed by atoms with Crippen molar-refractivity contribution in [3.05, 3.63) is 60.0 Å². The van der Waals surface area contributed by atoms with Gasteiger partial charge >= 0.3 is 0 Å². The minimum absolute atomic E-state index is 0.0222. The number of rotatable bonds is 10. The Kier molecular flexibility index (Phi) is 8.06. The van der Waals surface area contributed by atoms with Crippen molar-refractivity contribution in [1.82, 2.24) is 19.1 Å². The molecule has 1 aromatic carbocycles. The average Bonchev–Trinajstić information content (AvgIpc) is 3.27. The van der Waals surface area contributed by atoms with Gasteiger partial charge in [-0.3, -0.25) is 4.79 Å². The van der Waals surface area contributed by atoms with Gasteiger partial charge in [0.15, 0.2) is 5.82 Å². The molecule has 0 saturated heterocycles. The molecule has 2 aromatic heterocycles. The summed E-state index contributed by atoms with van der Waals surface area (Å²) in [6.07, 6.45) is 3.16. The van der Waals surface area contributed by atoms with E-state index in [0.29, 0.717) is 42.5 Å². The zero-order chi connectivity index (χ0) is 24.9. The molecule has 2 heterocycles. The fraction of sp³-hybridized carbons (Fsp3) is 0.375. The molecule has 1 amide bonds. The van der Waals surface area contributed by atoms with E-state index in [1.54, 1.807) is 30.8 Å². The van der Waals surface area contributed by atoms with Gasteiger partial charge in [-0.2, -0.15) is 9.40 Å². The molecule has 0 atom stereocenters. The SMILES string of the molecule is CCOc1ccc(S(=O)(=O)N(CC)CC)cc1NC(=O)c1cnn(-c2ccccn2)c1C(C)C. The number of sulfonamides is 1. The minimum Gasteiger partial charge on any atom is -0.492 e. The Morgan fingerprint density at radius 1 is 1.15 bits per heavy atom. The van der Waals surface area contributed by atoms with Crippen molar-refractivity contribution in [3.8, 4) is 11.6 Å². The minimum atomic E-state index is -3.71. The van der Waals surface area contributed by atoms with Crippen LogP contribution in [0.5, 0.6) is 5.75 Å². The summed E-state index contributed by atoms with van der Waals surface area (Å²) in [5.41, 5.74) is 1.35. The first kappa shape index (κ1) is 25.4. The van der Waals surface area contributed by atoms with E-state index in [1.807, 2.05) is 39.0 Å². The van der Waals surface area contributed by atoms with Gasteiger partial charge in [-0.15, -0.1) is 0 Å². The van der Waals surface area contributed by atoms with Gasteiger partial charge in [-0.25, -0.2) is 18.1 Å². The highest BCUT2D eigenvalue weighted by Gasteiger charge is 2.25. The lowest BCUT2D eigenvalue weighted by Crippen LogP contribution is -2.30. The van der Waals surface area contributed by atoms with Crippen LogP contribution in [0.25, 0.3) is 5.82 Å². The number of anilines is 1. The fourth-order valence-electron chi connectivity index (χ4n) is 3.70. The summed E-state index contributed by atoms with van der Waals surface area (Å²) in [6.45, 7) is 10.4. The number of carbonyl (C=O) groups excluding carboxylic acids is 1. The van der Waals surface area contributed by atoms with Crippen LogP contribution in [-0.2, 0) is 10.0 Å². The molecule has 0 radical (unpaired) electrons. The van der Waals surface area contributed by atoms with Crippen LogP contribution in [0.4, 0.5) is 5.69 Å². The van der Waals surface area contributed by atoms with Crippen LogP contribution in [0.2, 0.25) is 0 Å². The van der Waals surface area contributed by atoms with Gasteiger partial charge in [0.2, 0.25) is 10.0 Å². The molecule has 0 aliphatic heterocycles. The summed E-state index contributed by atoms with van der Waals surface area (Å²) in [5.74, 6) is 0.556. The molecular weight excluding hydrogens is 454 g/mol. The number of ether oxygens (including phenoxy) is 1. The lowest BCUT2D eigenvalue weighted by Gasteiger charge is -2.20. The third-order valence-corrected chi connectivity index (χ3v) is 7.35. The second-order valence-corrected chi connectivity index (χ2v) is 9.77. The predicted octanol–water partition coefficient (Wildman–Crippen LogP) is 4.07. The number of nitrogens with zero attached hydrogens (tertiary/aromatic N) is 4. The molecule has 0 bridgehead atoms. The van der Waals surface area contributed by atoms with Crippen molar-refractivity contribution in [2.75, 3.05) is 25.0 Å². The zero-order valence-corrected chi connectivity index (χ0v) is 21.0. The lowest BCUT2D eigenvalue weighted by atomic mass is 10.1. The second kappa shape index (κ2) is 10.8. The van der Waals surface area contributed by atoms with Crippen molar-refractivity contribution in [2.45, 2.75) is 45.4 Å². The third-order valence-electron chi connectivity index (χ3n) is 5.31. The summed E-state index contributed by atoms with van der Waals surface area (Å²) in [6, 6.07) is 9.97. The van der Waals surface area contributed by atoms with Gasteiger partial charge in [-0.1, -0.05) is 33.8 Å². The predicted molar refractivity (Wildman–Crippen MR) is 131 cm³/mol. The fourth-order valence-corrected chi connectivity index (χ4v) is 5.19. The highest BCUT2D eigenvalue weighted by atomic mass is 32.2. The Morgan fingerprint density at radius 3 is 2.47 bits per heavy atom. The molecule has 0 saturated carbocycles. The molecule has 182 valence electrons. The van der Waals surface area contributed by atoms with Crippen molar-refractivity contribution in [1.29, 1.82) is 0 Å². The molecule has 3 aromatic rings. The number of aromatic nitrogens is 3. The average molecular weight is 486 g/mol. The van der Waals surface area contributed by atoms with E-state index < -0.39 is 15.9 Å². The van der Waals surface area contributed by atoms with Crippen molar-refractivity contribution in [2.24, 2.45) is 0 Å². The van der Waals surface area contributed by atoms with Crippen LogP contribution in [0.1, 0.15) is 56.6 Å². The molecule has 1 N–H and O–H groups in total. The molecular formula is C24H31N5O4S. The number of hydrogen-bond donors (Lipinski definition) is 1. The van der Waals surface area contributed by atoms with Crippen LogP contribution in [-0.4, -0.2) is 53.1 Å². The van der Waals surface area contributed by atoms with E-state index in [1.165, 1.54) is 22.6 Å². The highest BCUT2D eigenvalue weighted by molar-refractivity contribution is 7.89. The Morgan fingerprint density at radius 2 is 1.88 bits per heavy atom. The molecule has 0 unspecified atom stereocenters. The van der Waals surface area contributed by atoms with E-state index >= 15 is 0 Å². The van der Waals surface area contributed by atoms with Gasteiger partial charge in [0.1, 0.15) is 5.75 Å². The lowest BCUT2D eigenvalue weighted by molar-refractivity contribution is 0.102. The largest absolute Gasteiger partial charge is 0.492 e. The maximum absolute atomic E-state index is 13.3. The first-order valence-electron chi connectivity index (χ1n) is 11.3. The second-order valence-electron chi connectivity index (χ2n) is 7.83. The van der Waals surface area contributed by atoms with Gasteiger partial charge in [-0.05, 0) is 43.2 Å². The summed E-state index contributed by atoms with van der Waals surface area (Å²) in [5, 5.41) is 7.23. The van der Waals surface area contributed by atoms with Crippen LogP contribution in [0.3, 0.4) is 0 Å². The number of carbonyl (C=O) groups is 1. The zero-order valence-electron chi connectivity index (χ0n) is 20.1. The first-order valence-corrected chi connectivity index (χ1v) is 12.8. The summed E-state index contributed by atoms with van der Waals surface area (Å²) in [7, 11) is -3.71. The summed E-state index contributed by atoms with van der Waals surface area (Å²) >= 11 is 0.